The van der Waals surface area contributed by atoms with Gasteiger partial charge in [0.25, 0.3) is 5.91 Å². The van der Waals surface area contributed by atoms with E-state index in [1.165, 1.54) is 0 Å². The molecule has 33 heavy (non-hydrogen) atoms. The molecule has 1 amide bonds. The van der Waals surface area contributed by atoms with Crippen LogP contribution in [0.5, 0.6) is 5.75 Å². The number of nitrogens with zero attached hydrogens (tertiary/aromatic N) is 2. The molecule has 1 unspecified atom stereocenters. The van der Waals surface area contributed by atoms with E-state index in [2.05, 4.69) is 4.90 Å². The zero-order valence-corrected chi connectivity index (χ0v) is 19.1. The van der Waals surface area contributed by atoms with Crippen LogP contribution in [0.1, 0.15) is 34.1 Å². The van der Waals surface area contributed by atoms with Crippen LogP contribution in [0.25, 0.3) is 11.0 Å². The number of benzene rings is 2. The highest BCUT2D eigenvalue weighted by Crippen LogP contribution is 2.38. The van der Waals surface area contributed by atoms with Crippen molar-refractivity contribution in [2.75, 3.05) is 46.5 Å². The first-order chi connectivity index (χ1) is 16.1. The van der Waals surface area contributed by atoms with Crippen LogP contribution in [0.15, 0.2) is 51.7 Å². The maximum atomic E-state index is 13.6. The molecule has 0 bridgehead atoms. The second-order valence-electron chi connectivity index (χ2n) is 8.30. The molecule has 0 saturated carbocycles. The molecule has 0 spiro atoms. The van der Waals surface area contributed by atoms with E-state index in [-0.39, 0.29) is 17.1 Å². The van der Waals surface area contributed by atoms with Gasteiger partial charge in [0.15, 0.2) is 5.43 Å². The molecule has 3 heterocycles. The van der Waals surface area contributed by atoms with Gasteiger partial charge in [-0.2, -0.15) is 0 Å². The number of halogens is 1. The fourth-order valence-corrected chi connectivity index (χ4v) is 4.76. The lowest BCUT2D eigenvalue weighted by Gasteiger charge is -2.29. The van der Waals surface area contributed by atoms with E-state index in [1.807, 2.05) is 12.1 Å². The summed E-state index contributed by atoms with van der Waals surface area (Å²) in [5.74, 6) is 0.397. The Hall–Kier alpha value is -2.87. The van der Waals surface area contributed by atoms with Crippen LogP contribution in [0.2, 0.25) is 5.02 Å². The number of amides is 1. The second kappa shape index (κ2) is 9.17. The number of ether oxygens (including phenoxy) is 2. The third-order valence-corrected chi connectivity index (χ3v) is 6.59. The number of hydrogen-bond acceptors (Lipinski definition) is 6. The van der Waals surface area contributed by atoms with Crippen molar-refractivity contribution in [3.8, 4) is 5.75 Å². The van der Waals surface area contributed by atoms with Gasteiger partial charge < -0.3 is 18.8 Å². The zero-order chi connectivity index (χ0) is 22.9. The normalized spacial score (nSPS) is 18.7. The van der Waals surface area contributed by atoms with Gasteiger partial charge in [0.2, 0.25) is 5.76 Å². The molecule has 5 rings (SSSR count). The minimum Gasteiger partial charge on any atom is -0.497 e. The molecule has 2 aromatic carbocycles. The third-order valence-electron chi connectivity index (χ3n) is 6.34. The summed E-state index contributed by atoms with van der Waals surface area (Å²) in [4.78, 5) is 31.1. The van der Waals surface area contributed by atoms with Gasteiger partial charge in [-0.15, -0.1) is 0 Å². The van der Waals surface area contributed by atoms with Crippen LogP contribution in [0.4, 0.5) is 0 Å². The van der Waals surface area contributed by atoms with E-state index in [1.54, 1.807) is 42.3 Å². The lowest BCUT2D eigenvalue weighted by atomic mass is 9.98. The van der Waals surface area contributed by atoms with Gasteiger partial charge in [-0.1, -0.05) is 23.7 Å². The molecule has 7 nitrogen and oxygen atoms in total. The van der Waals surface area contributed by atoms with E-state index in [0.29, 0.717) is 33.8 Å². The smallest absolute Gasteiger partial charge is 0.290 e. The summed E-state index contributed by atoms with van der Waals surface area (Å²) in [5, 5.41) is 1.02. The summed E-state index contributed by atoms with van der Waals surface area (Å²) >= 11 is 6.10. The molecule has 3 aromatic rings. The van der Waals surface area contributed by atoms with Crippen LogP contribution < -0.4 is 10.2 Å². The molecular weight excluding hydrogens is 444 g/mol. The number of carbonyl (C=O) groups excluding carboxylic acids is 1. The van der Waals surface area contributed by atoms with Crippen LogP contribution in [-0.4, -0.2) is 62.2 Å². The molecule has 1 aromatic heterocycles. The summed E-state index contributed by atoms with van der Waals surface area (Å²) in [6.45, 7) is 4.61. The first-order valence-electron chi connectivity index (χ1n) is 11.1. The Kier molecular flexibility index (Phi) is 6.10. The fraction of sp³-hybridized carbons (Fsp3) is 0.360. The molecule has 8 heteroatoms. The van der Waals surface area contributed by atoms with Gasteiger partial charge in [-0.25, -0.2) is 0 Å². The topological polar surface area (TPSA) is 72.2 Å². The molecule has 1 saturated heterocycles. The number of rotatable bonds is 6. The maximum absolute atomic E-state index is 13.6. The Labute approximate surface area is 196 Å². The minimum atomic E-state index is -0.516. The predicted molar refractivity (Wildman–Crippen MR) is 125 cm³/mol. The molecule has 1 fully saturated rings. The molecule has 2 aliphatic rings. The van der Waals surface area contributed by atoms with E-state index < -0.39 is 6.04 Å². The van der Waals surface area contributed by atoms with E-state index in [4.69, 9.17) is 25.5 Å². The average Bonchev–Trinajstić information content (AvgIpc) is 3.12. The number of methoxy groups -OCH3 is 1. The van der Waals surface area contributed by atoms with Crippen molar-refractivity contribution in [1.82, 2.24) is 9.80 Å². The summed E-state index contributed by atoms with van der Waals surface area (Å²) in [7, 11) is 1.55. The van der Waals surface area contributed by atoms with Crippen LogP contribution >= 0.6 is 11.6 Å². The highest BCUT2D eigenvalue weighted by Gasteiger charge is 2.42. The largest absolute Gasteiger partial charge is 0.497 e. The summed E-state index contributed by atoms with van der Waals surface area (Å²) in [6.07, 6.45) is 0.783. The maximum Gasteiger partial charge on any atom is 0.290 e. The second-order valence-corrected chi connectivity index (χ2v) is 8.73. The van der Waals surface area contributed by atoms with Gasteiger partial charge in [0.05, 0.1) is 37.3 Å². The monoisotopic (exact) mass is 468 g/mol. The van der Waals surface area contributed by atoms with Crippen molar-refractivity contribution in [2.24, 2.45) is 0 Å². The average molecular weight is 469 g/mol. The van der Waals surface area contributed by atoms with Crippen LogP contribution in [0.3, 0.4) is 0 Å². The molecule has 172 valence electrons. The SMILES string of the molecule is COc1ccc2c(=O)c3c(oc2c1)C(=O)N(CCCN1CCOCC1)C3c1ccc(Cl)cc1. The molecule has 1 atom stereocenters. The van der Waals surface area contributed by atoms with E-state index in [0.717, 1.165) is 44.8 Å². The zero-order valence-electron chi connectivity index (χ0n) is 18.4. The van der Waals surface area contributed by atoms with Crippen molar-refractivity contribution < 1.29 is 18.7 Å². The number of fused-ring (bicyclic) bond motifs is 2. The third kappa shape index (κ3) is 4.12. The van der Waals surface area contributed by atoms with E-state index in [9.17, 15) is 9.59 Å². The van der Waals surface area contributed by atoms with Crippen LogP contribution in [-0.2, 0) is 4.74 Å². The first kappa shape index (κ1) is 21.9. The molecule has 2 aliphatic heterocycles. The number of hydrogen-bond donors (Lipinski definition) is 0. The summed E-state index contributed by atoms with van der Waals surface area (Å²) < 4.78 is 16.7. The first-order valence-corrected chi connectivity index (χ1v) is 11.5. The Bertz CT molecular complexity index is 1230. The Balaban J connectivity index is 1.53. The van der Waals surface area contributed by atoms with Crippen LogP contribution in [0, 0.1) is 0 Å². The predicted octanol–water partition coefficient (Wildman–Crippen LogP) is 3.72. The Morgan fingerprint density at radius 2 is 1.82 bits per heavy atom. The number of morpholine rings is 1. The Morgan fingerprint density at radius 1 is 1.06 bits per heavy atom. The lowest BCUT2D eigenvalue weighted by Crippen LogP contribution is -2.38. The van der Waals surface area contributed by atoms with E-state index >= 15 is 0 Å². The van der Waals surface area contributed by atoms with Gasteiger partial charge in [0.1, 0.15) is 11.3 Å². The molecule has 0 aliphatic carbocycles. The fourth-order valence-electron chi connectivity index (χ4n) is 4.64. The highest BCUT2D eigenvalue weighted by atomic mass is 35.5. The van der Waals surface area contributed by atoms with Gasteiger partial charge in [0, 0.05) is 37.3 Å². The highest BCUT2D eigenvalue weighted by molar-refractivity contribution is 6.30. The van der Waals surface area contributed by atoms with Crippen molar-refractivity contribution in [1.29, 1.82) is 0 Å². The number of carbonyl (C=O) groups is 1. The van der Waals surface area contributed by atoms with Gasteiger partial charge in [-0.05, 0) is 36.2 Å². The van der Waals surface area contributed by atoms with Gasteiger partial charge in [-0.3, -0.25) is 14.5 Å². The van der Waals surface area contributed by atoms with Crippen molar-refractivity contribution in [3.63, 3.8) is 0 Å². The lowest BCUT2D eigenvalue weighted by molar-refractivity contribution is 0.0353. The molecule has 0 radical (unpaired) electrons. The van der Waals surface area contributed by atoms with Crippen molar-refractivity contribution >= 4 is 28.5 Å². The summed E-state index contributed by atoms with van der Waals surface area (Å²) in [5.41, 5.74) is 1.36. The van der Waals surface area contributed by atoms with Gasteiger partial charge >= 0.3 is 0 Å². The molecule has 0 N–H and O–H groups in total. The van der Waals surface area contributed by atoms with Crippen molar-refractivity contribution in [3.05, 3.63) is 74.6 Å². The molecular formula is C25H25ClN2O5. The standard InChI is InChI=1S/C25H25ClN2O5/c1-31-18-7-8-19-20(15-18)33-24-21(23(19)29)22(16-3-5-17(26)6-4-16)28(25(24)30)10-2-9-27-11-13-32-14-12-27/h3-8,15,22H,2,9-14H2,1H3. The Morgan fingerprint density at radius 3 is 2.55 bits per heavy atom. The minimum absolute atomic E-state index is 0.104. The quantitative estimate of drug-likeness (QED) is 0.549. The van der Waals surface area contributed by atoms with Crippen molar-refractivity contribution in [2.45, 2.75) is 12.5 Å². The summed E-state index contributed by atoms with van der Waals surface area (Å²) in [6, 6.07) is 11.8.